The fourth-order valence-electron chi connectivity index (χ4n) is 2.18. The van der Waals surface area contributed by atoms with Crippen LogP contribution in [0.4, 0.5) is 5.69 Å². The van der Waals surface area contributed by atoms with Crippen molar-refractivity contribution in [2.24, 2.45) is 4.99 Å². The molecular formula is C17H26N4. The molecule has 0 fully saturated rings. The van der Waals surface area contributed by atoms with Crippen LogP contribution in [-0.4, -0.2) is 19.0 Å². The maximum atomic E-state index is 4.40. The van der Waals surface area contributed by atoms with Gasteiger partial charge >= 0.3 is 0 Å². The number of anilines is 1. The van der Waals surface area contributed by atoms with E-state index in [0.29, 0.717) is 0 Å². The van der Waals surface area contributed by atoms with E-state index in [-0.39, 0.29) is 11.7 Å². The molecule has 0 aliphatic carbocycles. The van der Waals surface area contributed by atoms with Crippen molar-refractivity contribution >= 4 is 11.9 Å². The fraction of sp³-hybridized carbons (Fsp3) is 0.471. The summed E-state index contributed by atoms with van der Waals surface area (Å²) >= 11 is 0. The predicted octanol–water partition coefficient (Wildman–Crippen LogP) is 3.19. The zero-order valence-electron chi connectivity index (χ0n) is 13.6. The molecule has 2 rings (SSSR count). The van der Waals surface area contributed by atoms with Gasteiger partial charge in [0.05, 0.1) is 0 Å². The minimum atomic E-state index is -0.0630. The van der Waals surface area contributed by atoms with E-state index in [0.717, 1.165) is 23.6 Å². The molecule has 1 aromatic carbocycles. The lowest BCUT2D eigenvalue weighted by Crippen LogP contribution is -2.44. The van der Waals surface area contributed by atoms with Gasteiger partial charge in [0.15, 0.2) is 6.29 Å². The molecule has 0 bridgehead atoms. The number of nitrogens with one attached hydrogen (secondary N) is 3. The van der Waals surface area contributed by atoms with Crippen LogP contribution in [0, 0.1) is 0 Å². The summed E-state index contributed by atoms with van der Waals surface area (Å²) in [7, 11) is 0. The second-order valence-electron chi connectivity index (χ2n) is 6.40. The van der Waals surface area contributed by atoms with Gasteiger partial charge in [-0.3, -0.25) is 10.3 Å². The second kappa shape index (κ2) is 6.31. The second-order valence-corrected chi connectivity index (χ2v) is 6.40. The molecule has 0 spiro atoms. The Kier molecular flexibility index (Phi) is 4.68. The molecule has 0 saturated carbocycles. The normalized spacial score (nSPS) is 18.6. The highest BCUT2D eigenvalue weighted by Gasteiger charge is 2.16. The van der Waals surface area contributed by atoms with E-state index in [1.807, 2.05) is 6.21 Å². The van der Waals surface area contributed by atoms with Gasteiger partial charge in [-0.25, -0.2) is 0 Å². The molecule has 1 aliphatic heterocycles. The van der Waals surface area contributed by atoms with Crippen molar-refractivity contribution < 1.29 is 0 Å². The van der Waals surface area contributed by atoms with Crippen LogP contribution in [0.3, 0.4) is 0 Å². The van der Waals surface area contributed by atoms with Gasteiger partial charge in [0, 0.05) is 17.5 Å². The van der Waals surface area contributed by atoms with E-state index in [2.05, 4.69) is 79.8 Å². The first-order chi connectivity index (χ1) is 9.90. The molecule has 1 atom stereocenters. The molecule has 1 aromatic rings. The number of nitrogens with zero attached hydrogens (tertiary/aromatic N) is 1. The summed E-state index contributed by atoms with van der Waals surface area (Å²) < 4.78 is 0. The van der Waals surface area contributed by atoms with Gasteiger partial charge in [-0.2, -0.15) is 0 Å². The Hall–Kier alpha value is -1.81. The van der Waals surface area contributed by atoms with Crippen LogP contribution in [0.15, 0.2) is 40.7 Å². The summed E-state index contributed by atoms with van der Waals surface area (Å²) in [5.41, 5.74) is 3.66. The Labute approximate surface area is 127 Å². The zero-order valence-corrected chi connectivity index (χ0v) is 13.6. The van der Waals surface area contributed by atoms with Crippen LogP contribution in [0.25, 0.3) is 0 Å². The van der Waals surface area contributed by atoms with Crippen LogP contribution in [0.1, 0.15) is 40.2 Å². The molecule has 0 saturated heterocycles. The Bertz CT molecular complexity index is 552. The van der Waals surface area contributed by atoms with Gasteiger partial charge in [0.25, 0.3) is 0 Å². The standard InChI is InChI=1S/C17H26N4/c1-6-18-16-19-11-12(2)15(21-16)20-14-9-7-8-13(10-14)17(3,4)5/h7-11,16,18,20-21H,6H2,1-5H3. The van der Waals surface area contributed by atoms with Crippen molar-refractivity contribution in [3.8, 4) is 0 Å². The predicted molar refractivity (Wildman–Crippen MR) is 90.6 cm³/mol. The lowest BCUT2D eigenvalue weighted by atomic mass is 9.87. The van der Waals surface area contributed by atoms with Crippen LogP contribution in [0.5, 0.6) is 0 Å². The summed E-state index contributed by atoms with van der Waals surface area (Å²) in [6.45, 7) is 11.7. The smallest absolute Gasteiger partial charge is 0.174 e. The zero-order chi connectivity index (χ0) is 15.5. The lowest BCUT2D eigenvalue weighted by molar-refractivity contribution is 0.485. The topological polar surface area (TPSA) is 48.5 Å². The third-order valence-electron chi connectivity index (χ3n) is 3.49. The van der Waals surface area contributed by atoms with Gasteiger partial charge in [0.2, 0.25) is 0 Å². The summed E-state index contributed by atoms with van der Waals surface area (Å²) in [6, 6.07) is 8.56. The van der Waals surface area contributed by atoms with Crippen molar-refractivity contribution in [3.05, 3.63) is 41.2 Å². The number of benzene rings is 1. The van der Waals surface area contributed by atoms with Crippen molar-refractivity contribution in [1.29, 1.82) is 0 Å². The maximum Gasteiger partial charge on any atom is 0.174 e. The quantitative estimate of drug-likeness (QED) is 0.796. The highest BCUT2D eigenvalue weighted by atomic mass is 15.3. The highest BCUT2D eigenvalue weighted by Crippen LogP contribution is 2.25. The van der Waals surface area contributed by atoms with E-state index in [9.17, 15) is 0 Å². The molecule has 0 amide bonds. The molecule has 1 heterocycles. The van der Waals surface area contributed by atoms with E-state index >= 15 is 0 Å². The molecule has 114 valence electrons. The molecule has 0 aromatic heterocycles. The van der Waals surface area contributed by atoms with E-state index in [4.69, 9.17) is 0 Å². The number of hydrogen-bond donors (Lipinski definition) is 3. The number of aliphatic imine (C=N–C) groups is 1. The molecular weight excluding hydrogens is 260 g/mol. The van der Waals surface area contributed by atoms with Crippen molar-refractivity contribution in [2.75, 3.05) is 11.9 Å². The van der Waals surface area contributed by atoms with Gasteiger partial charge < -0.3 is 10.6 Å². The van der Waals surface area contributed by atoms with Crippen LogP contribution >= 0.6 is 0 Å². The van der Waals surface area contributed by atoms with E-state index in [1.54, 1.807) is 0 Å². The molecule has 4 nitrogen and oxygen atoms in total. The average molecular weight is 286 g/mol. The molecule has 1 aliphatic rings. The van der Waals surface area contributed by atoms with Gasteiger partial charge in [-0.05, 0) is 36.6 Å². The van der Waals surface area contributed by atoms with E-state index in [1.165, 1.54) is 5.56 Å². The first-order valence-electron chi connectivity index (χ1n) is 7.51. The van der Waals surface area contributed by atoms with Gasteiger partial charge in [-0.1, -0.05) is 39.8 Å². The third-order valence-corrected chi connectivity index (χ3v) is 3.49. The molecule has 1 unspecified atom stereocenters. The Morgan fingerprint density at radius 2 is 2.05 bits per heavy atom. The summed E-state index contributed by atoms with van der Waals surface area (Å²) in [5.74, 6) is 1.00. The van der Waals surface area contributed by atoms with Crippen molar-refractivity contribution in [3.63, 3.8) is 0 Å². The average Bonchev–Trinajstić information content (AvgIpc) is 2.42. The van der Waals surface area contributed by atoms with Crippen LogP contribution in [-0.2, 0) is 5.41 Å². The SMILES string of the molecule is CCNC1N=CC(C)=C(Nc2cccc(C(C)(C)C)c2)N1. The Morgan fingerprint density at radius 1 is 1.29 bits per heavy atom. The van der Waals surface area contributed by atoms with Crippen molar-refractivity contribution in [1.82, 2.24) is 10.6 Å². The Morgan fingerprint density at radius 3 is 2.71 bits per heavy atom. The first kappa shape index (κ1) is 15.6. The van der Waals surface area contributed by atoms with Crippen LogP contribution in [0.2, 0.25) is 0 Å². The molecule has 3 N–H and O–H groups in total. The number of hydrogen-bond acceptors (Lipinski definition) is 4. The maximum absolute atomic E-state index is 4.40. The molecule has 4 heteroatoms. The highest BCUT2D eigenvalue weighted by molar-refractivity contribution is 5.81. The monoisotopic (exact) mass is 286 g/mol. The third kappa shape index (κ3) is 4.08. The number of allylic oxidation sites excluding steroid dienone is 1. The number of rotatable bonds is 4. The summed E-state index contributed by atoms with van der Waals surface area (Å²) in [5, 5.41) is 10.1. The summed E-state index contributed by atoms with van der Waals surface area (Å²) in [4.78, 5) is 4.40. The first-order valence-corrected chi connectivity index (χ1v) is 7.51. The minimum absolute atomic E-state index is 0.0630. The lowest BCUT2D eigenvalue weighted by Gasteiger charge is -2.25. The fourth-order valence-corrected chi connectivity index (χ4v) is 2.18. The van der Waals surface area contributed by atoms with Gasteiger partial charge in [-0.15, -0.1) is 0 Å². The molecule has 21 heavy (non-hydrogen) atoms. The largest absolute Gasteiger partial charge is 0.342 e. The van der Waals surface area contributed by atoms with Crippen LogP contribution < -0.4 is 16.0 Å². The Balaban J connectivity index is 2.16. The van der Waals surface area contributed by atoms with E-state index < -0.39 is 0 Å². The van der Waals surface area contributed by atoms with Gasteiger partial charge in [0.1, 0.15) is 5.82 Å². The summed E-state index contributed by atoms with van der Waals surface area (Å²) in [6.07, 6.45) is 1.84. The minimum Gasteiger partial charge on any atom is -0.342 e. The molecule has 0 radical (unpaired) electrons. The van der Waals surface area contributed by atoms with Crippen molar-refractivity contribution in [2.45, 2.75) is 46.3 Å².